The fraction of sp³-hybridized carbons (Fsp3) is 0.310. The molecule has 10 heteroatoms. The van der Waals surface area contributed by atoms with Crippen LogP contribution in [0.2, 0.25) is 0 Å². The molecule has 0 unspecified atom stereocenters. The SMILES string of the molecule is CC[C@H](C)NC(=O)[C@H](CC)N(Cc1ccc(F)cc1)C(=O)CN(c1ccc(I)cc1)S(=O)(=O)c1ccccc1. The van der Waals surface area contributed by atoms with Crippen molar-refractivity contribution in [1.29, 1.82) is 0 Å². The number of amides is 2. The number of hydrogen-bond donors (Lipinski definition) is 1. The van der Waals surface area contributed by atoms with E-state index in [1.165, 1.54) is 29.2 Å². The van der Waals surface area contributed by atoms with E-state index in [0.29, 0.717) is 24.1 Å². The Kier molecular flexibility index (Phi) is 10.9. The van der Waals surface area contributed by atoms with Crippen LogP contribution < -0.4 is 9.62 Å². The molecule has 208 valence electrons. The molecule has 0 bridgehead atoms. The Morgan fingerprint density at radius 3 is 2.10 bits per heavy atom. The van der Waals surface area contributed by atoms with Crippen LogP contribution >= 0.6 is 22.6 Å². The van der Waals surface area contributed by atoms with Crippen molar-refractivity contribution in [2.24, 2.45) is 0 Å². The van der Waals surface area contributed by atoms with Crippen molar-refractivity contribution in [3.8, 4) is 0 Å². The lowest BCUT2D eigenvalue weighted by Crippen LogP contribution is -2.53. The standard InChI is InChI=1S/C29H33FIN3O4S/c1-4-21(3)32-29(36)27(5-2)33(19-22-11-13-23(30)14-12-22)28(35)20-34(25-17-15-24(31)16-18-25)39(37,38)26-9-7-6-8-10-26/h6-18,21,27H,4-5,19-20H2,1-3H3,(H,32,36)/t21-,27-/m0/s1. The average Bonchev–Trinajstić information content (AvgIpc) is 2.93. The quantitative estimate of drug-likeness (QED) is 0.265. The third-order valence-corrected chi connectivity index (χ3v) is 8.89. The lowest BCUT2D eigenvalue weighted by Gasteiger charge is -2.33. The topological polar surface area (TPSA) is 86.8 Å². The van der Waals surface area contributed by atoms with E-state index in [4.69, 9.17) is 0 Å². The predicted molar refractivity (Wildman–Crippen MR) is 159 cm³/mol. The van der Waals surface area contributed by atoms with Crippen LogP contribution in [0.5, 0.6) is 0 Å². The lowest BCUT2D eigenvalue weighted by molar-refractivity contribution is -0.140. The first-order valence-electron chi connectivity index (χ1n) is 12.7. The van der Waals surface area contributed by atoms with E-state index in [1.54, 1.807) is 61.5 Å². The Morgan fingerprint density at radius 2 is 1.54 bits per heavy atom. The number of carbonyl (C=O) groups is 2. The van der Waals surface area contributed by atoms with Gasteiger partial charge in [-0.25, -0.2) is 12.8 Å². The van der Waals surface area contributed by atoms with Crippen molar-refractivity contribution in [3.05, 3.63) is 93.8 Å². The van der Waals surface area contributed by atoms with Gasteiger partial charge in [-0.05, 0) is 96.5 Å². The molecule has 39 heavy (non-hydrogen) atoms. The van der Waals surface area contributed by atoms with Crippen molar-refractivity contribution in [3.63, 3.8) is 0 Å². The molecule has 2 atom stereocenters. The van der Waals surface area contributed by atoms with Crippen LogP contribution in [0.15, 0.2) is 83.8 Å². The molecule has 0 heterocycles. The third-order valence-electron chi connectivity index (χ3n) is 6.38. The molecule has 1 N–H and O–H groups in total. The van der Waals surface area contributed by atoms with E-state index in [1.807, 2.05) is 13.8 Å². The van der Waals surface area contributed by atoms with Crippen LogP contribution in [0, 0.1) is 9.39 Å². The number of benzene rings is 3. The van der Waals surface area contributed by atoms with Gasteiger partial charge in [-0.15, -0.1) is 0 Å². The zero-order valence-electron chi connectivity index (χ0n) is 22.2. The summed E-state index contributed by atoms with van der Waals surface area (Å²) in [5.41, 5.74) is 0.942. The van der Waals surface area contributed by atoms with Gasteiger partial charge >= 0.3 is 0 Å². The Balaban J connectivity index is 2.03. The molecule has 3 aromatic rings. The molecule has 0 fully saturated rings. The number of anilines is 1. The van der Waals surface area contributed by atoms with Crippen LogP contribution in [-0.4, -0.2) is 43.8 Å². The molecule has 0 aliphatic carbocycles. The summed E-state index contributed by atoms with van der Waals surface area (Å²) in [5.74, 6) is -1.30. The van der Waals surface area contributed by atoms with Crippen LogP contribution in [0.4, 0.5) is 10.1 Å². The summed E-state index contributed by atoms with van der Waals surface area (Å²) in [7, 11) is -4.12. The minimum atomic E-state index is -4.12. The molecule has 7 nitrogen and oxygen atoms in total. The van der Waals surface area contributed by atoms with Crippen molar-refractivity contribution >= 4 is 50.1 Å². The highest BCUT2D eigenvalue weighted by molar-refractivity contribution is 14.1. The fourth-order valence-corrected chi connectivity index (χ4v) is 5.80. The van der Waals surface area contributed by atoms with E-state index in [-0.39, 0.29) is 23.4 Å². The summed E-state index contributed by atoms with van der Waals surface area (Å²) in [4.78, 5) is 28.6. The maximum Gasteiger partial charge on any atom is 0.264 e. The molecule has 0 aliphatic heterocycles. The summed E-state index contributed by atoms with van der Waals surface area (Å²) in [6.45, 7) is 5.11. The summed E-state index contributed by atoms with van der Waals surface area (Å²) in [6, 6.07) is 19.4. The number of sulfonamides is 1. The first-order valence-corrected chi connectivity index (χ1v) is 15.3. The van der Waals surface area contributed by atoms with Gasteiger partial charge < -0.3 is 10.2 Å². The number of rotatable bonds is 12. The van der Waals surface area contributed by atoms with Gasteiger partial charge in [-0.1, -0.05) is 44.2 Å². The molecular formula is C29H33FIN3O4S. The van der Waals surface area contributed by atoms with Crippen LogP contribution in [0.25, 0.3) is 0 Å². The fourth-order valence-electron chi connectivity index (χ4n) is 4.00. The van der Waals surface area contributed by atoms with Crippen molar-refractivity contribution < 1.29 is 22.4 Å². The molecule has 0 spiro atoms. The van der Waals surface area contributed by atoms with Crippen LogP contribution in [0.1, 0.15) is 39.2 Å². The van der Waals surface area contributed by atoms with Crippen LogP contribution in [0.3, 0.4) is 0 Å². The monoisotopic (exact) mass is 665 g/mol. The Bertz CT molecular complexity index is 1350. The van der Waals surface area contributed by atoms with Crippen molar-refractivity contribution in [2.75, 3.05) is 10.8 Å². The number of carbonyl (C=O) groups excluding carboxylic acids is 2. The van der Waals surface area contributed by atoms with Gasteiger partial charge in [0, 0.05) is 16.2 Å². The molecule has 2 amide bonds. The van der Waals surface area contributed by atoms with E-state index in [9.17, 15) is 22.4 Å². The highest BCUT2D eigenvalue weighted by Gasteiger charge is 2.33. The number of hydrogen-bond acceptors (Lipinski definition) is 4. The van der Waals surface area contributed by atoms with Gasteiger partial charge in [0.05, 0.1) is 10.6 Å². The smallest absolute Gasteiger partial charge is 0.264 e. The minimum Gasteiger partial charge on any atom is -0.352 e. The summed E-state index contributed by atoms with van der Waals surface area (Å²) >= 11 is 2.12. The van der Waals surface area contributed by atoms with E-state index in [0.717, 1.165) is 7.88 Å². The molecule has 0 saturated carbocycles. The number of nitrogens with one attached hydrogen (secondary N) is 1. The molecule has 0 radical (unpaired) electrons. The highest BCUT2D eigenvalue weighted by atomic mass is 127. The zero-order valence-corrected chi connectivity index (χ0v) is 25.2. The number of halogens is 2. The van der Waals surface area contributed by atoms with Crippen LogP contribution in [-0.2, 0) is 26.2 Å². The first kappa shape index (κ1) is 30.6. The Hall–Kier alpha value is -2.99. The maximum absolute atomic E-state index is 14.0. The predicted octanol–water partition coefficient (Wildman–Crippen LogP) is 5.35. The van der Waals surface area contributed by atoms with Gasteiger partial charge in [-0.3, -0.25) is 13.9 Å². The lowest BCUT2D eigenvalue weighted by atomic mass is 10.1. The second-order valence-corrected chi connectivity index (χ2v) is 12.3. The molecule has 3 aromatic carbocycles. The average molecular weight is 666 g/mol. The Labute approximate surface area is 243 Å². The summed E-state index contributed by atoms with van der Waals surface area (Å²) in [6.07, 6.45) is 1.02. The molecule has 0 saturated heterocycles. The van der Waals surface area contributed by atoms with E-state index in [2.05, 4.69) is 27.9 Å². The number of nitrogens with zero attached hydrogens (tertiary/aromatic N) is 2. The summed E-state index contributed by atoms with van der Waals surface area (Å²) < 4.78 is 43.1. The van der Waals surface area contributed by atoms with Crippen molar-refractivity contribution in [2.45, 2.75) is 57.1 Å². The third kappa shape index (κ3) is 8.01. The van der Waals surface area contributed by atoms with E-state index >= 15 is 0 Å². The minimum absolute atomic E-state index is 0.0114. The Morgan fingerprint density at radius 1 is 0.923 bits per heavy atom. The molecule has 0 aromatic heterocycles. The largest absolute Gasteiger partial charge is 0.352 e. The van der Waals surface area contributed by atoms with Gasteiger partial charge in [0.2, 0.25) is 11.8 Å². The molecular weight excluding hydrogens is 632 g/mol. The highest BCUT2D eigenvalue weighted by Crippen LogP contribution is 2.25. The van der Waals surface area contributed by atoms with Gasteiger partial charge in [0.15, 0.2) is 0 Å². The van der Waals surface area contributed by atoms with Crippen molar-refractivity contribution in [1.82, 2.24) is 10.2 Å². The van der Waals surface area contributed by atoms with Gasteiger partial charge in [0.25, 0.3) is 10.0 Å². The molecule has 0 aliphatic rings. The second kappa shape index (κ2) is 13.9. The summed E-state index contributed by atoms with van der Waals surface area (Å²) in [5, 5.41) is 2.93. The first-order chi connectivity index (χ1) is 18.6. The maximum atomic E-state index is 14.0. The van der Waals surface area contributed by atoms with Gasteiger partial charge in [0.1, 0.15) is 18.4 Å². The molecule has 3 rings (SSSR count). The van der Waals surface area contributed by atoms with Gasteiger partial charge in [-0.2, -0.15) is 0 Å². The normalized spacial score (nSPS) is 12.8. The second-order valence-electron chi connectivity index (χ2n) is 9.19. The van der Waals surface area contributed by atoms with E-state index < -0.39 is 34.3 Å². The zero-order chi connectivity index (χ0) is 28.6.